The highest BCUT2D eigenvalue weighted by Crippen LogP contribution is 2.43. The molecular weight excluding hydrogens is 310 g/mol. The van der Waals surface area contributed by atoms with Gasteiger partial charge in [-0.2, -0.15) is 0 Å². The van der Waals surface area contributed by atoms with Gasteiger partial charge < -0.3 is 0 Å². The molecule has 3 aromatic carbocycles. The molecular formula is C22H15NO2. The molecule has 0 fully saturated rings. The van der Waals surface area contributed by atoms with Gasteiger partial charge >= 0.3 is 0 Å². The van der Waals surface area contributed by atoms with Crippen molar-refractivity contribution in [3.63, 3.8) is 0 Å². The summed E-state index contributed by atoms with van der Waals surface area (Å²) in [5, 5.41) is 11.8. The van der Waals surface area contributed by atoms with E-state index < -0.39 is 0 Å². The average Bonchev–Trinajstić information content (AvgIpc) is 3.04. The lowest BCUT2D eigenvalue weighted by Gasteiger charge is -2.13. The molecule has 3 nitrogen and oxygen atoms in total. The lowest BCUT2D eigenvalue weighted by atomic mass is 9.89. The topological polar surface area (TPSA) is 43.1 Å². The van der Waals surface area contributed by atoms with Crippen molar-refractivity contribution in [1.82, 2.24) is 0 Å². The van der Waals surface area contributed by atoms with Gasteiger partial charge in [0.25, 0.3) is 5.70 Å². The highest BCUT2D eigenvalue weighted by atomic mass is 16.6. The SMILES string of the molecule is O=[N+]([O-])C1=Cc2ccccc2C1=C(c1ccccc1)c1ccccc1. The summed E-state index contributed by atoms with van der Waals surface area (Å²) in [4.78, 5) is 11.5. The van der Waals surface area contributed by atoms with Gasteiger partial charge in [0.2, 0.25) is 0 Å². The maximum Gasteiger partial charge on any atom is 0.278 e. The summed E-state index contributed by atoms with van der Waals surface area (Å²) < 4.78 is 0. The van der Waals surface area contributed by atoms with Crippen molar-refractivity contribution in [1.29, 1.82) is 0 Å². The van der Waals surface area contributed by atoms with E-state index in [1.807, 2.05) is 84.9 Å². The Bertz CT molecular complexity index is 961. The molecule has 0 atom stereocenters. The zero-order valence-electron chi connectivity index (χ0n) is 13.4. The van der Waals surface area contributed by atoms with Gasteiger partial charge in [-0.15, -0.1) is 0 Å². The highest BCUT2D eigenvalue weighted by Gasteiger charge is 2.31. The zero-order valence-corrected chi connectivity index (χ0v) is 13.4. The lowest BCUT2D eigenvalue weighted by Crippen LogP contribution is -2.02. The third kappa shape index (κ3) is 2.66. The Labute approximate surface area is 145 Å². The zero-order chi connectivity index (χ0) is 17.2. The molecule has 1 aliphatic rings. The van der Waals surface area contributed by atoms with E-state index in [-0.39, 0.29) is 10.6 Å². The first-order valence-corrected chi connectivity index (χ1v) is 8.06. The van der Waals surface area contributed by atoms with Crippen molar-refractivity contribution >= 4 is 17.2 Å². The summed E-state index contributed by atoms with van der Waals surface area (Å²) >= 11 is 0. The first-order valence-electron chi connectivity index (χ1n) is 8.06. The number of nitro groups is 1. The Balaban J connectivity index is 2.09. The van der Waals surface area contributed by atoms with Crippen molar-refractivity contribution in [3.05, 3.63) is 123 Å². The van der Waals surface area contributed by atoms with Gasteiger partial charge in [0.1, 0.15) is 0 Å². The Morgan fingerprint density at radius 2 is 1.24 bits per heavy atom. The summed E-state index contributed by atoms with van der Waals surface area (Å²) in [5.74, 6) is 0. The fourth-order valence-electron chi connectivity index (χ4n) is 3.28. The average molecular weight is 325 g/mol. The van der Waals surface area contributed by atoms with Crippen molar-refractivity contribution in [3.8, 4) is 0 Å². The van der Waals surface area contributed by atoms with E-state index in [1.165, 1.54) is 0 Å². The summed E-state index contributed by atoms with van der Waals surface area (Å²) in [6, 6.07) is 27.4. The van der Waals surface area contributed by atoms with Crippen LogP contribution in [0.1, 0.15) is 22.3 Å². The molecule has 0 unspecified atom stereocenters. The Morgan fingerprint density at radius 3 is 1.80 bits per heavy atom. The molecule has 3 heteroatoms. The molecule has 0 heterocycles. The molecule has 0 bridgehead atoms. The molecule has 0 saturated heterocycles. The lowest BCUT2D eigenvalue weighted by molar-refractivity contribution is -0.415. The van der Waals surface area contributed by atoms with E-state index >= 15 is 0 Å². The summed E-state index contributed by atoms with van der Waals surface area (Å²) in [6.07, 6.45) is 1.66. The molecule has 0 amide bonds. The van der Waals surface area contributed by atoms with Gasteiger partial charge in [-0.25, -0.2) is 0 Å². The number of fused-ring (bicyclic) bond motifs is 1. The summed E-state index contributed by atoms with van der Waals surface area (Å²) in [7, 11) is 0. The normalized spacial score (nSPS) is 12.5. The third-order valence-corrected chi connectivity index (χ3v) is 4.35. The van der Waals surface area contributed by atoms with Crippen LogP contribution >= 0.6 is 0 Å². The molecule has 25 heavy (non-hydrogen) atoms. The number of benzene rings is 3. The third-order valence-electron chi connectivity index (χ3n) is 4.35. The van der Waals surface area contributed by atoms with E-state index in [4.69, 9.17) is 0 Å². The second-order valence-electron chi connectivity index (χ2n) is 5.86. The minimum Gasteiger partial charge on any atom is -0.258 e. The second kappa shape index (κ2) is 6.21. The standard InChI is InChI=1S/C22H15NO2/c24-23(25)20-15-18-13-7-8-14-19(18)22(20)21(16-9-3-1-4-10-16)17-11-5-2-6-12-17/h1-15H. The molecule has 0 radical (unpaired) electrons. The highest BCUT2D eigenvalue weighted by molar-refractivity contribution is 6.09. The molecule has 3 aromatic rings. The molecule has 0 saturated carbocycles. The van der Waals surface area contributed by atoms with Crippen LogP contribution in [-0.4, -0.2) is 4.92 Å². The number of rotatable bonds is 3. The van der Waals surface area contributed by atoms with Crippen LogP contribution in [0.2, 0.25) is 0 Å². The van der Waals surface area contributed by atoms with Crippen LogP contribution in [0.4, 0.5) is 0 Å². The van der Waals surface area contributed by atoms with E-state index in [9.17, 15) is 10.1 Å². The predicted molar refractivity (Wildman–Crippen MR) is 100 cm³/mol. The summed E-state index contributed by atoms with van der Waals surface area (Å²) in [5.41, 5.74) is 5.42. The number of nitrogens with zero attached hydrogens (tertiary/aromatic N) is 1. The Hall–Kier alpha value is -3.46. The van der Waals surface area contributed by atoms with Gasteiger partial charge in [-0.3, -0.25) is 10.1 Å². The van der Waals surface area contributed by atoms with Gasteiger partial charge in [0.05, 0.1) is 10.5 Å². The first-order chi connectivity index (χ1) is 12.3. The van der Waals surface area contributed by atoms with Gasteiger partial charge in [-0.05, 0) is 22.3 Å². The predicted octanol–water partition coefficient (Wildman–Crippen LogP) is 5.28. The van der Waals surface area contributed by atoms with Gasteiger partial charge in [0.15, 0.2) is 0 Å². The Kier molecular flexibility index (Phi) is 3.75. The number of allylic oxidation sites excluding steroid dienone is 1. The monoisotopic (exact) mass is 325 g/mol. The largest absolute Gasteiger partial charge is 0.278 e. The second-order valence-corrected chi connectivity index (χ2v) is 5.86. The fourth-order valence-corrected chi connectivity index (χ4v) is 3.28. The number of hydrogen-bond donors (Lipinski definition) is 0. The smallest absolute Gasteiger partial charge is 0.258 e. The van der Waals surface area contributed by atoms with Crippen molar-refractivity contribution in [2.24, 2.45) is 0 Å². The molecule has 1 aliphatic carbocycles. The van der Waals surface area contributed by atoms with E-state index in [0.29, 0.717) is 5.57 Å². The van der Waals surface area contributed by atoms with Crippen LogP contribution < -0.4 is 0 Å². The molecule has 120 valence electrons. The van der Waals surface area contributed by atoms with Gasteiger partial charge in [-0.1, -0.05) is 84.9 Å². The molecule has 0 spiro atoms. The first kappa shape index (κ1) is 15.1. The quantitative estimate of drug-likeness (QED) is 0.486. The molecule has 4 rings (SSSR count). The van der Waals surface area contributed by atoms with Crippen LogP contribution in [0.3, 0.4) is 0 Å². The minimum atomic E-state index is -0.290. The van der Waals surface area contributed by atoms with Crippen molar-refractivity contribution in [2.45, 2.75) is 0 Å². The van der Waals surface area contributed by atoms with E-state index in [0.717, 1.165) is 27.8 Å². The molecule has 0 aliphatic heterocycles. The van der Waals surface area contributed by atoms with E-state index in [2.05, 4.69) is 0 Å². The molecule has 0 aromatic heterocycles. The van der Waals surface area contributed by atoms with Crippen LogP contribution in [0.25, 0.3) is 17.2 Å². The maximum absolute atomic E-state index is 11.8. The molecule has 0 N–H and O–H groups in total. The van der Waals surface area contributed by atoms with Crippen LogP contribution in [-0.2, 0) is 0 Å². The van der Waals surface area contributed by atoms with Crippen molar-refractivity contribution < 1.29 is 4.92 Å². The van der Waals surface area contributed by atoms with Crippen LogP contribution in [0.15, 0.2) is 90.6 Å². The van der Waals surface area contributed by atoms with Crippen molar-refractivity contribution in [2.75, 3.05) is 0 Å². The van der Waals surface area contributed by atoms with Crippen LogP contribution in [0, 0.1) is 10.1 Å². The summed E-state index contributed by atoms with van der Waals surface area (Å²) in [6.45, 7) is 0. The maximum atomic E-state index is 11.8. The van der Waals surface area contributed by atoms with Crippen LogP contribution in [0.5, 0.6) is 0 Å². The Morgan fingerprint density at radius 1 is 0.720 bits per heavy atom. The van der Waals surface area contributed by atoms with E-state index in [1.54, 1.807) is 6.08 Å². The number of hydrogen-bond acceptors (Lipinski definition) is 2. The van der Waals surface area contributed by atoms with Gasteiger partial charge in [0, 0.05) is 11.6 Å². The fraction of sp³-hybridized carbons (Fsp3) is 0. The minimum absolute atomic E-state index is 0.143.